The molecule has 0 aliphatic heterocycles. The summed E-state index contributed by atoms with van der Waals surface area (Å²) in [6.07, 6.45) is -1.90. The van der Waals surface area contributed by atoms with E-state index in [2.05, 4.69) is 16.0 Å². The first kappa shape index (κ1) is 60.0. The van der Waals surface area contributed by atoms with E-state index in [-0.39, 0.29) is 50.4 Å². The van der Waals surface area contributed by atoms with Crippen LogP contribution in [-0.2, 0) is 66.5 Å². The summed E-state index contributed by atoms with van der Waals surface area (Å²) in [6, 6.07) is 18.8. The van der Waals surface area contributed by atoms with Gasteiger partial charge >= 0.3 is 18.0 Å². The Morgan fingerprint density at radius 2 is 1.15 bits per heavy atom. The number of esters is 2. The largest absolute Gasteiger partial charge is 0.497 e. The van der Waals surface area contributed by atoms with Crippen molar-refractivity contribution in [1.29, 1.82) is 0 Å². The van der Waals surface area contributed by atoms with Gasteiger partial charge in [0.25, 0.3) is 10.1 Å². The van der Waals surface area contributed by atoms with Crippen LogP contribution in [0, 0.1) is 16.2 Å². The number of methoxy groups -OCH3 is 1. The van der Waals surface area contributed by atoms with Gasteiger partial charge in [-0.25, -0.2) is 9.59 Å². The average molecular weight is 1030 g/mol. The number of alkyl carbamates (subject to hydrolysis) is 1. The smallest absolute Gasteiger partial charge is 0.407 e. The van der Waals surface area contributed by atoms with E-state index >= 15 is 4.79 Å². The van der Waals surface area contributed by atoms with E-state index in [1.54, 1.807) is 72.8 Å². The first-order valence-corrected chi connectivity index (χ1v) is 26.3. The van der Waals surface area contributed by atoms with Gasteiger partial charge in [-0.2, -0.15) is 8.42 Å². The molecule has 0 spiro atoms. The molecule has 0 heterocycles. The number of rotatable bonds is 25. The minimum atomic E-state index is -4.19. The predicted molar refractivity (Wildman–Crippen MR) is 275 cm³/mol. The second-order valence-electron chi connectivity index (χ2n) is 22.0. The van der Waals surface area contributed by atoms with Crippen LogP contribution < -0.4 is 25.4 Å². The highest BCUT2D eigenvalue weighted by atomic mass is 32.2. The van der Waals surface area contributed by atoms with Crippen LogP contribution in [-0.4, -0.2) is 99.9 Å². The summed E-state index contributed by atoms with van der Waals surface area (Å²) in [7, 11) is -2.65. The Morgan fingerprint density at radius 1 is 0.606 bits per heavy atom. The predicted octanol–water partition coefficient (Wildman–Crippen LogP) is 8.33. The second-order valence-corrected chi connectivity index (χ2v) is 24.9. The Labute approximate surface area is 425 Å². The van der Waals surface area contributed by atoms with Crippen molar-refractivity contribution in [2.24, 2.45) is 16.2 Å². The summed E-state index contributed by atoms with van der Waals surface area (Å²) in [5, 5.41) is 7.01. The van der Waals surface area contributed by atoms with Crippen LogP contribution in [0.2, 0.25) is 0 Å². The van der Waals surface area contributed by atoms with Gasteiger partial charge in [-0.05, 0) is 84.4 Å². The molecule has 18 heteroatoms. The molecular formula is C53H77N3O13S2. The molecule has 3 aromatic rings. The maximum absolute atomic E-state index is 15.1. The monoisotopic (exact) mass is 1030 g/mol. The summed E-state index contributed by atoms with van der Waals surface area (Å²) in [6.45, 7) is 22.2. The van der Waals surface area contributed by atoms with Gasteiger partial charge in [-0.3, -0.25) is 18.6 Å². The van der Waals surface area contributed by atoms with Crippen LogP contribution in [0.15, 0.2) is 78.9 Å². The summed E-state index contributed by atoms with van der Waals surface area (Å²) in [5.74, 6) is -2.45. The Balaban J connectivity index is 2.13. The van der Waals surface area contributed by atoms with Crippen molar-refractivity contribution in [2.75, 3.05) is 32.7 Å². The molecule has 4 atom stereocenters. The summed E-state index contributed by atoms with van der Waals surface area (Å²) in [4.78, 5) is 70.3. The van der Waals surface area contributed by atoms with Gasteiger partial charge in [-0.1, -0.05) is 117 Å². The van der Waals surface area contributed by atoms with Crippen molar-refractivity contribution in [3.63, 3.8) is 0 Å². The molecule has 71 heavy (non-hydrogen) atoms. The minimum Gasteiger partial charge on any atom is -0.497 e. The lowest BCUT2D eigenvalue weighted by Gasteiger charge is -2.29. The zero-order valence-corrected chi connectivity index (χ0v) is 45.4. The maximum atomic E-state index is 15.1. The zero-order chi connectivity index (χ0) is 53.2. The van der Waals surface area contributed by atoms with Gasteiger partial charge in [0.15, 0.2) is 0 Å². The molecule has 0 aliphatic rings. The number of hydrogen-bond acceptors (Lipinski definition) is 14. The maximum Gasteiger partial charge on any atom is 0.407 e. The third-order valence-corrected chi connectivity index (χ3v) is 12.4. The van der Waals surface area contributed by atoms with Gasteiger partial charge < -0.3 is 39.6 Å². The van der Waals surface area contributed by atoms with E-state index in [0.29, 0.717) is 22.6 Å². The van der Waals surface area contributed by atoms with Crippen LogP contribution >= 0.6 is 11.8 Å². The lowest BCUT2D eigenvalue weighted by atomic mass is 9.98. The molecule has 3 amide bonds. The summed E-state index contributed by atoms with van der Waals surface area (Å²) >= 11 is 1.10. The number of nitrogens with one attached hydrogen (secondary N) is 3. The van der Waals surface area contributed by atoms with Crippen molar-refractivity contribution < 1.29 is 60.3 Å². The molecule has 3 aromatic carbocycles. The number of benzene rings is 3. The molecule has 16 nitrogen and oxygen atoms in total. The van der Waals surface area contributed by atoms with Gasteiger partial charge in [-0.15, -0.1) is 11.8 Å². The average Bonchev–Trinajstić information content (AvgIpc) is 3.27. The lowest BCUT2D eigenvalue weighted by Crippen LogP contribution is -2.57. The van der Waals surface area contributed by atoms with E-state index in [1.807, 2.05) is 89.2 Å². The molecule has 3 N–H and O–H groups in total. The summed E-state index contributed by atoms with van der Waals surface area (Å²) < 4.78 is 60.1. The van der Waals surface area contributed by atoms with Crippen molar-refractivity contribution in [2.45, 2.75) is 144 Å². The van der Waals surface area contributed by atoms with Crippen LogP contribution in [0.5, 0.6) is 11.5 Å². The Hall–Kier alpha value is -5.33. The number of ether oxygens (including phenoxy) is 5. The van der Waals surface area contributed by atoms with Crippen molar-refractivity contribution in [3.05, 3.63) is 95.6 Å². The van der Waals surface area contributed by atoms with Crippen LogP contribution in [0.3, 0.4) is 0 Å². The van der Waals surface area contributed by atoms with E-state index in [1.165, 1.54) is 7.11 Å². The zero-order valence-electron chi connectivity index (χ0n) is 43.8. The number of thioether (sulfide) groups is 1. The molecule has 394 valence electrons. The lowest BCUT2D eigenvalue weighted by molar-refractivity contribution is -0.156. The number of carbonyl (C=O) groups excluding carboxylic acids is 5. The van der Waals surface area contributed by atoms with E-state index < -0.39 is 91.9 Å². The van der Waals surface area contributed by atoms with E-state index in [9.17, 15) is 27.6 Å². The topological polar surface area (TPSA) is 211 Å². The standard InChI is InChI=1S/C53H77N3O13S2/c1-50(2,3)33-66-44(57)30-43(48(60)67-34-51(4,5)6)55-46(58)42(29-36-19-25-40(26-20-36)69-53(10,11)12)54-47(59)45(70-32-38-21-23-39(64-13)24-22-38)41(27-28-71(62,63)68-35-52(7,8)9)56-49(61)65-31-37-17-15-14-16-18-37/h14-26,41-43,45H,27-35H2,1-13H3,(H,54,59)(H,55,58)(H,56,61)/t41-,42+,43+,45?/m1/s1. The molecule has 0 bridgehead atoms. The molecule has 0 saturated heterocycles. The second kappa shape index (κ2) is 26.9. The third kappa shape index (κ3) is 25.1. The Kier molecular flexibility index (Phi) is 22.7. The van der Waals surface area contributed by atoms with E-state index in [4.69, 9.17) is 27.9 Å². The fourth-order valence-corrected chi connectivity index (χ4v) is 8.63. The number of amides is 3. The fourth-order valence-electron chi connectivity index (χ4n) is 6.22. The van der Waals surface area contributed by atoms with Crippen LogP contribution in [0.1, 0.15) is 113 Å². The SMILES string of the molecule is COc1ccc(CSC(C(=O)N[C@@H](Cc2ccc(OC(C)(C)C)cc2)C(=O)N[C@@H](CC(=O)OCC(C)(C)C)C(=O)OCC(C)(C)C)[C@@H](CCS(=O)(=O)OCC(C)(C)C)NC(=O)OCc2ccccc2)cc1. The molecule has 0 radical (unpaired) electrons. The number of hydrogen-bond donors (Lipinski definition) is 3. The quantitative estimate of drug-likeness (QED) is 0.0414. The van der Waals surface area contributed by atoms with Crippen LogP contribution in [0.25, 0.3) is 0 Å². The van der Waals surface area contributed by atoms with Gasteiger partial charge in [0.2, 0.25) is 11.8 Å². The highest BCUT2D eigenvalue weighted by molar-refractivity contribution is 7.99. The molecular weight excluding hydrogens is 951 g/mol. The fraction of sp³-hybridized carbons (Fsp3) is 0.566. The molecule has 1 unspecified atom stereocenters. The molecule has 0 fully saturated rings. The van der Waals surface area contributed by atoms with Gasteiger partial charge in [0.05, 0.1) is 45.1 Å². The minimum absolute atomic E-state index is 0.0232. The normalized spacial score (nSPS) is 13.9. The Bertz CT molecular complexity index is 2280. The van der Waals surface area contributed by atoms with Crippen LogP contribution in [0.4, 0.5) is 4.79 Å². The van der Waals surface area contributed by atoms with Gasteiger partial charge in [0, 0.05) is 12.2 Å². The first-order chi connectivity index (χ1) is 32.9. The summed E-state index contributed by atoms with van der Waals surface area (Å²) in [5.41, 5.74) is 0.209. The molecule has 0 aliphatic carbocycles. The molecule has 0 aromatic heterocycles. The highest BCUT2D eigenvalue weighted by Crippen LogP contribution is 2.27. The Morgan fingerprint density at radius 3 is 1.72 bits per heavy atom. The third-order valence-electron chi connectivity index (χ3n) is 9.78. The van der Waals surface area contributed by atoms with Crippen molar-refractivity contribution in [3.8, 4) is 11.5 Å². The molecule has 3 rings (SSSR count). The van der Waals surface area contributed by atoms with Gasteiger partial charge in [0.1, 0.15) is 41.0 Å². The first-order valence-electron chi connectivity index (χ1n) is 23.7. The molecule has 0 saturated carbocycles. The van der Waals surface area contributed by atoms with Crippen molar-refractivity contribution >= 4 is 51.7 Å². The number of carbonyl (C=O) groups is 5. The van der Waals surface area contributed by atoms with E-state index in [0.717, 1.165) is 17.3 Å². The van der Waals surface area contributed by atoms with Crippen molar-refractivity contribution in [1.82, 2.24) is 16.0 Å². The highest BCUT2D eigenvalue weighted by Gasteiger charge is 2.37.